The Labute approximate surface area is 131 Å². The quantitative estimate of drug-likeness (QED) is 0.858. The van der Waals surface area contributed by atoms with E-state index in [0.717, 1.165) is 10.3 Å². The number of hydrogen-bond acceptors (Lipinski definition) is 4. The lowest BCUT2D eigenvalue weighted by atomic mass is 10.1. The average Bonchev–Trinajstić information content (AvgIpc) is 2.49. The molecule has 6 heteroatoms. The number of aryl methyl sites for hydroxylation is 1. The number of halogens is 1. The standard InChI is InChI=1S/C15H15BrN2O3/c1-9-12(6-7-14(16)17-9)18-15(19)11-5-4-10(20-2)8-13(11)21-3/h4-8H,1-3H3,(H,18,19). The van der Waals surface area contributed by atoms with Crippen LogP contribution in [0.2, 0.25) is 0 Å². The molecule has 0 unspecified atom stereocenters. The zero-order valence-electron chi connectivity index (χ0n) is 11.9. The molecule has 1 heterocycles. The molecule has 0 bridgehead atoms. The molecule has 110 valence electrons. The lowest BCUT2D eigenvalue weighted by Crippen LogP contribution is -2.14. The normalized spacial score (nSPS) is 10.1. The number of hydrogen-bond donors (Lipinski definition) is 1. The van der Waals surface area contributed by atoms with E-state index in [1.165, 1.54) is 7.11 Å². The first-order valence-electron chi connectivity index (χ1n) is 6.21. The number of nitrogens with zero attached hydrogens (tertiary/aromatic N) is 1. The second-order valence-electron chi connectivity index (χ2n) is 4.29. The monoisotopic (exact) mass is 350 g/mol. The molecule has 0 aliphatic carbocycles. The summed E-state index contributed by atoms with van der Waals surface area (Å²) in [5.74, 6) is 0.821. The molecule has 2 rings (SSSR count). The van der Waals surface area contributed by atoms with Gasteiger partial charge in [0.25, 0.3) is 5.91 Å². The van der Waals surface area contributed by atoms with Gasteiger partial charge in [-0.15, -0.1) is 0 Å². The summed E-state index contributed by atoms with van der Waals surface area (Å²) in [6, 6.07) is 8.61. The first kappa shape index (κ1) is 15.3. The fraction of sp³-hybridized carbons (Fsp3) is 0.200. The number of rotatable bonds is 4. The van der Waals surface area contributed by atoms with Crippen molar-refractivity contribution in [2.45, 2.75) is 6.92 Å². The SMILES string of the molecule is COc1ccc(C(=O)Nc2ccc(Br)nc2C)c(OC)c1. The Bertz CT molecular complexity index is 674. The van der Waals surface area contributed by atoms with Crippen molar-refractivity contribution in [2.24, 2.45) is 0 Å². The smallest absolute Gasteiger partial charge is 0.259 e. The number of methoxy groups -OCH3 is 2. The Kier molecular flexibility index (Phi) is 4.80. The fourth-order valence-electron chi connectivity index (χ4n) is 1.84. The number of nitrogens with one attached hydrogen (secondary N) is 1. The maximum Gasteiger partial charge on any atom is 0.259 e. The maximum absolute atomic E-state index is 12.4. The lowest BCUT2D eigenvalue weighted by molar-refractivity contribution is 0.102. The van der Waals surface area contributed by atoms with Crippen molar-refractivity contribution in [3.63, 3.8) is 0 Å². The molecule has 5 nitrogen and oxygen atoms in total. The zero-order valence-corrected chi connectivity index (χ0v) is 13.5. The van der Waals surface area contributed by atoms with Gasteiger partial charge in [0.15, 0.2) is 0 Å². The predicted molar refractivity (Wildman–Crippen MR) is 84.2 cm³/mol. The van der Waals surface area contributed by atoms with Crippen LogP contribution in [-0.2, 0) is 0 Å². The van der Waals surface area contributed by atoms with Crippen molar-refractivity contribution in [1.29, 1.82) is 0 Å². The molecule has 0 fully saturated rings. The van der Waals surface area contributed by atoms with Crippen molar-refractivity contribution < 1.29 is 14.3 Å². The Morgan fingerprint density at radius 3 is 2.57 bits per heavy atom. The van der Waals surface area contributed by atoms with Crippen LogP contribution in [0, 0.1) is 6.92 Å². The number of anilines is 1. The molecule has 0 saturated heterocycles. The highest BCUT2D eigenvalue weighted by atomic mass is 79.9. The van der Waals surface area contributed by atoms with Crippen LogP contribution in [0.1, 0.15) is 16.1 Å². The zero-order chi connectivity index (χ0) is 15.4. The van der Waals surface area contributed by atoms with E-state index in [0.29, 0.717) is 22.7 Å². The third kappa shape index (κ3) is 3.52. The first-order chi connectivity index (χ1) is 10.0. The molecule has 0 atom stereocenters. The highest BCUT2D eigenvalue weighted by Crippen LogP contribution is 2.26. The van der Waals surface area contributed by atoms with Gasteiger partial charge in [0.05, 0.1) is 31.2 Å². The number of benzene rings is 1. The van der Waals surface area contributed by atoms with E-state index in [1.54, 1.807) is 37.4 Å². The summed E-state index contributed by atoms with van der Waals surface area (Å²) in [6.45, 7) is 1.83. The van der Waals surface area contributed by atoms with Crippen LogP contribution in [0.5, 0.6) is 11.5 Å². The highest BCUT2D eigenvalue weighted by Gasteiger charge is 2.14. The number of pyridine rings is 1. The van der Waals surface area contributed by atoms with E-state index in [2.05, 4.69) is 26.2 Å². The number of ether oxygens (including phenoxy) is 2. The third-order valence-electron chi connectivity index (χ3n) is 2.95. The summed E-state index contributed by atoms with van der Waals surface area (Å²) in [6.07, 6.45) is 0. The predicted octanol–water partition coefficient (Wildman–Crippen LogP) is 3.42. The Balaban J connectivity index is 2.28. The minimum Gasteiger partial charge on any atom is -0.497 e. The molecule has 0 spiro atoms. The molecule has 0 saturated carbocycles. The molecular weight excluding hydrogens is 336 g/mol. The largest absolute Gasteiger partial charge is 0.497 e. The maximum atomic E-state index is 12.4. The van der Waals surface area contributed by atoms with Crippen LogP contribution >= 0.6 is 15.9 Å². The first-order valence-corrected chi connectivity index (χ1v) is 7.01. The van der Waals surface area contributed by atoms with E-state index in [4.69, 9.17) is 9.47 Å². The van der Waals surface area contributed by atoms with E-state index >= 15 is 0 Å². The van der Waals surface area contributed by atoms with Crippen molar-refractivity contribution in [3.8, 4) is 11.5 Å². The molecule has 0 radical (unpaired) electrons. The van der Waals surface area contributed by atoms with Gasteiger partial charge in [-0.05, 0) is 47.1 Å². The van der Waals surface area contributed by atoms with Crippen LogP contribution in [0.4, 0.5) is 5.69 Å². The molecule has 1 N–H and O–H groups in total. The van der Waals surface area contributed by atoms with E-state index in [9.17, 15) is 4.79 Å². The molecule has 2 aromatic rings. The molecule has 1 amide bonds. The van der Waals surface area contributed by atoms with Gasteiger partial charge in [-0.2, -0.15) is 0 Å². The second-order valence-corrected chi connectivity index (χ2v) is 5.10. The average molecular weight is 351 g/mol. The number of amides is 1. The highest BCUT2D eigenvalue weighted by molar-refractivity contribution is 9.10. The van der Waals surface area contributed by atoms with Crippen LogP contribution in [0.3, 0.4) is 0 Å². The van der Waals surface area contributed by atoms with Gasteiger partial charge < -0.3 is 14.8 Å². The molecule has 0 aliphatic rings. The van der Waals surface area contributed by atoms with Gasteiger partial charge in [0, 0.05) is 6.07 Å². The van der Waals surface area contributed by atoms with Crippen LogP contribution < -0.4 is 14.8 Å². The van der Waals surface area contributed by atoms with Crippen molar-refractivity contribution >= 4 is 27.5 Å². The number of carbonyl (C=O) groups is 1. The summed E-state index contributed by atoms with van der Waals surface area (Å²) >= 11 is 3.29. The number of aromatic nitrogens is 1. The van der Waals surface area contributed by atoms with E-state index in [1.807, 2.05) is 6.92 Å². The van der Waals surface area contributed by atoms with Crippen molar-refractivity contribution in [2.75, 3.05) is 19.5 Å². The third-order valence-corrected chi connectivity index (χ3v) is 3.40. The Morgan fingerprint density at radius 2 is 1.95 bits per heavy atom. The summed E-state index contributed by atoms with van der Waals surface area (Å²) < 4.78 is 11.1. The van der Waals surface area contributed by atoms with Gasteiger partial charge in [-0.3, -0.25) is 4.79 Å². The number of carbonyl (C=O) groups excluding carboxylic acids is 1. The summed E-state index contributed by atoms with van der Waals surface area (Å²) in [5, 5.41) is 2.82. The van der Waals surface area contributed by atoms with Gasteiger partial charge in [0.2, 0.25) is 0 Å². The second kappa shape index (κ2) is 6.58. The van der Waals surface area contributed by atoms with Gasteiger partial charge in [-0.1, -0.05) is 0 Å². The molecule has 0 aliphatic heterocycles. The lowest BCUT2D eigenvalue weighted by Gasteiger charge is -2.12. The van der Waals surface area contributed by atoms with Crippen LogP contribution in [0.15, 0.2) is 34.9 Å². The van der Waals surface area contributed by atoms with Crippen molar-refractivity contribution in [1.82, 2.24) is 4.98 Å². The molecule has 21 heavy (non-hydrogen) atoms. The fourth-order valence-corrected chi connectivity index (χ4v) is 2.24. The Morgan fingerprint density at radius 1 is 1.19 bits per heavy atom. The van der Waals surface area contributed by atoms with Crippen LogP contribution in [0.25, 0.3) is 0 Å². The minimum atomic E-state index is -0.262. The van der Waals surface area contributed by atoms with Gasteiger partial charge >= 0.3 is 0 Å². The molecule has 1 aromatic carbocycles. The Hall–Kier alpha value is -2.08. The van der Waals surface area contributed by atoms with E-state index < -0.39 is 0 Å². The van der Waals surface area contributed by atoms with Gasteiger partial charge in [-0.25, -0.2) is 4.98 Å². The summed E-state index contributed by atoms with van der Waals surface area (Å²) in [5.41, 5.74) is 1.81. The summed E-state index contributed by atoms with van der Waals surface area (Å²) in [4.78, 5) is 16.6. The molecule has 1 aromatic heterocycles. The summed E-state index contributed by atoms with van der Waals surface area (Å²) in [7, 11) is 3.07. The van der Waals surface area contributed by atoms with E-state index in [-0.39, 0.29) is 5.91 Å². The topological polar surface area (TPSA) is 60.5 Å². The van der Waals surface area contributed by atoms with Crippen LogP contribution in [-0.4, -0.2) is 25.1 Å². The van der Waals surface area contributed by atoms with Gasteiger partial charge in [0.1, 0.15) is 16.1 Å². The molecular formula is C15H15BrN2O3. The minimum absolute atomic E-state index is 0.262. The van der Waals surface area contributed by atoms with Crippen molar-refractivity contribution in [3.05, 3.63) is 46.2 Å².